The van der Waals surface area contributed by atoms with Crippen LogP contribution in [0.1, 0.15) is 34.7 Å². The van der Waals surface area contributed by atoms with Crippen LogP contribution in [0.15, 0.2) is 42.5 Å². The maximum atomic E-state index is 8.69. The Morgan fingerprint density at radius 3 is 2.75 bits per heavy atom. The Balaban J connectivity index is 1.77. The number of rotatable bonds is 3. The van der Waals surface area contributed by atoms with Crippen LogP contribution in [0.3, 0.4) is 0 Å². The molecule has 0 amide bonds. The molecule has 0 saturated carbocycles. The molecule has 0 heterocycles. The molecule has 0 radical (unpaired) electrons. The first kappa shape index (κ1) is 12.7. The number of anilines is 1. The Hall–Kier alpha value is -2.27. The minimum Gasteiger partial charge on any atom is -0.378 e. The summed E-state index contributed by atoms with van der Waals surface area (Å²) in [6, 6.07) is 17.5. The quantitative estimate of drug-likeness (QED) is 0.901. The second kappa shape index (κ2) is 5.38. The first-order valence-corrected chi connectivity index (χ1v) is 7.08. The van der Waals surface area contributed by atoms with Gasteiger partial charge in [0.2, 0.25) is 0 Å². The minimum absolute atomic E-state index is 0.409. The van der Waals surface area contributed by atoms with Crippen molar-refractivity contribution >= 4 is 5.69 Å². The van der Waals surface area contributed by atoms with Gasteiger partial charge in [-0.15, -0.1) is 0 Å². The second-order valence-corrected chi connectivity index (χ2v) is 5.47. The number of nitrogens with zero attached hydrogens (tertiary/aromatic N) is 1. The number of hydrogen-bond acceptors (Lipinski definition) is 2. The maximum Gasteiger partial charge on any atom is 0.0669 e. The van der Waals surface area contributed by atoms with Crippen molar-refractivity contribution in [3.05, 3.63) is 64.7 Å². The SMILES string of the molecule is Cc1ccc2c(c1)C(Nc1ccc(CC#N)cc1)CC2. The molecule has 0 aliphatic heterocycles. The minimum atomic E-state index is 0.409. The van der Waals surface area contributed by atoms with Gasteiger partial charge >= 0.3 is 0 Å². The second-order valence-electron chi connectivity index (χ2n) is 5.47. The van der Waals surface area contributed by atoms with E-state index >= 15 is 0 Å². The van der Waals surface area contributed by atoms with Crippen molar-refractivity contribution in [3.8, 4) is 6.07 Å². The predicted molar refractivity (Wildman–Crippen MR) is 81.6 cm³/mol. The Morgan fingerprint density at radius 1 is 1.20 bits per heavy atom. The van der Waals surface area contributed by atoms with Crippen LogP contribution in [-0.2, 0) is 12.8 Å². The standard InChI is InChI=1S/C18H18N2/c1-13-2-5-15-6-9-18(17(15)12-13)20-16-7-3-14(4-8-16)10-11-19/h2-5,7-8,12,18,20H,6,9-10H2,1H3. The highest BCUT2D eigenvalue weighted by atomic mass is 14.9. The van der Waals surface area contributed by atoms with E-state index in [0.29, 0.717) is 12.5 Å². The van der Waals surface area contributed by atoms with Crippen molar-refractivity contribution in [2.45, 2.75) is 32.2 Å². The summed E-state index contributed by atoms with van der Waals surface area (Å²) in [5, 5.41) is 12.3. The average molecular weight is 262 g/mol. The monoisotopic (exact) mass is 262 g/mol. The van der Waals surface area contributed by atoms with Crippen molar-refractivity contribution < 1.29 is 0 Å². The lowest BCUT2D eigenvalue weighted by molar-refractivity contribution is 0.762. The van der Waals surface area contributed by atoms with E-state index in [9.17, 15) is 0 Å². The summed E-state index contributed by atoms with van der Waals surface area (Å²) in [6.45, 7) is 2.15. The van der Waals surface area contributed by atoms with E-state index in [4.69, 9.17) is 5.26 Å². The molecule has 0 bridgehead atoms. The summed E-state index contributed by atoms with van der Waals surface area (Å²) in [6.07, 6.45) is 2.78. The van der Waals surface area contributed by atoms with Gasteiger partial charge in [0.05, 0.1) is 18.5 Å². The van der Waals surface area contributed by atoms with Crippen LogP contribution in [0.5, 0.6) is 0 Å². The summed E-state index contributed by atoms with van der Waals surface area (Å²) in [4.78, 5) is 0. The predicted octanol–water partition coefficient (Wildman–Crippen LogP) is 4.16. The van der Waals surface area contributed by atoms with Gasteiger partial charge < -0.3 is 5.32 Å². The van der Waals surface area contributed by atoms with Crippen molar-refractivity contribution in [1.82, 2.24) is 0 Å². The number of aryl methyl sites for hydroxylation is 2. The third kappa shape index (κ3) is 2.53. The van der Waals surface area contributed by atoms with Gasteiger partial charge in [0.1, 0.15) is 0 Å². The molecule has 0 saturated heterocycles. The molecule has 1 unspecified atom stereocenters. The van der Waals surface area contributed by atoms with Gasteiger partial charge in [0.15, 0.2) is 0 Å². The zero-order valence-corrected chi connectivity index (χ0v) is 11.7. The Kier molecular flexibility index (Phi) is 3.43. The molecule has 1 aliphatic rings. The Morgan fingerprint density at radius 2 is 2.00 bits per heavy atom. The van der Waals surface area contributed by atoms with E-state index < -0.39 is 0 Å². The van der Waals surface area contributed by atoms with Crippen LogP contribution in [-0.4, -0.2) is 0 Å². The lowest BCUT2D eigenvalue weighted by atomic mass is 10.0. The topological polar surface area (TPSA) is 35.8 Å². The summed E-state index contributed by atoms with van der Waals surface area (Å²) < 4.78 is 0. The average Bonchev–Trinajstić information content (AvgIpc) is 2.84. The van der Waals surface area contributed by atoms with E-state index in [0.717, 1.165) is 24.1 Å². The highest BCUT2D eigenvalue weighted by molar-refractivity contribution is 5.50. The molecule has 2 heteroatoms. The first-order chi connectivity index (χ1) is 9.76. The molecule has 100 valence electrons. The van der Waals surface area contributed by atoms with E-state index in [1.54, 1.807) is 0 Å². The molecule has 20 heavy (non-hydrogen) atoms. The summed E-state index contributed by atoms with van der Waals surface area (Å²) >= 11 is 0. The van der Waals surface area contributed by atoms with Crippen molar-refractivity contribution in [1.29, 1.82) is 5.26 Å². The molecule has 2 nitrogen and oxygen atoms in total. The fraction of sp³-hybridized carbons (Fsp3) is 0.278. The maximum absolute atomic E-state index is 8.69. The fourth-order valence-corrected chi connectivity index (χ4v) is 2.88. The van der Waals surface area contributed by atoms with Crippen molar-refractivity contribution in [3.63, 3.8) is 0 Å². The number of fused-ring (bicyclic) bond motifs is 1. The molecule has 0 aromatic heterocycles. The zero-order chi connectivity index (χ0) is 13.9. The molecule has 1 N–H and O–H groups in total. The molecule has 0 fully saturated rings. The molecule has 2 aromatic rings. The number of hydrogen-bond donors (Lipinski definition) is 1. The van der Waals surface area contributed by atoms with Crippen molar-refractivity contribution in [2.24, 2.45) is 0 Å². The van der Waals surface area contributed by atoms with Crippen LogP contribution in [0.25, 0.3) is 0 Å². The smallest absolute Gasteiger partial charge is 0.0669 e. The first-order valence-electron chi connectivity index (χ1n) is 7.08. The number of benzene rings is 2. The van der Waals surface area contributed by atoms with Gasteiger partial charge in [-0.3, -0.25) is 0 Å². The molecule has 0 spiro atoms. The highest BCUT2D eigenvalue weighted by Crippen LogP contribution is 2.34. The van der Waals surface area contributed by atoms with E-state index in [1.807, 2.05) is 12.1 Å². The van der Waals surface area contributed by atoms with Crippen molar-refractivity contribution in [2.75, 3.05) is 5.32 Å². The van der Waals surface area contributed by atoms with Gasteiger partial charge in [-0.05, 0) is 48.6 Å². The van der Waals surface area contributed by atoms with Crippen LogP contribution >= 0.6 is 0 Å². The number of nitrogens with one attached hydrogen (secondary N) is 1. The van der Waals surface area contributed by atoms with E-state index in [2.05, 4.69) is 48.6 Å². The lowest BCUT2D eigenvalue weighted by Gasteiger charge is -2.16. The van der Waals surface area contributed by atoms with E-state index in [1.165, 1.54) is 16.7 Å². The third-order valence-corrected chi connectivity index (χ3v) is 3.96. The van der Waals surface area contributed by atoms with Gasteiger partial charge in [-0.1, -0.05) is 35.9 Å². The molecule has 2 aromatic carbocycles. The van der Waals surface area contributed by atoms with Gasteiger partial charge in [-0.25, -0.2) is 0 Å². The van der Waals surface area contributed by atoms with Crippen LogP contribution in [0, 0.1) is 18.3 Å². The van der Waals surface area contributed by atoms with Gasteiger partial charge in [0, 0.05) is 5.69 Å². The zero-order valence-electron chi connectivity index (χ0n) is 11.7. The third-order valence-electron chi connectivity index (χ3n) is 3.96. The van der Waals surface area contributed by atoms with Gasteiger partial charge in [0.25, 0.3) is 0 Å². The molecule has 1 aliphatic carbocycles. The number of nitriles is 1. The summed E-state index contributed by atoms with van der Waals surface area (Å²) in [5.74, 6) is 0. The summed E-state index contributed by atoms with van der Waals surface area (Å²) in [5.41, 5.74) is 6.42. The van der Waals surface area contributed by atoms with E-state index in [-0.39, 0.29) is 0 Å². The molecule has 1 atom stereocenters. The normalized spacial score (nSPS) is 16.5. The van der Waals surface area contributed by atoms with Crippen LogP contribution < -0.4 is 5.32 Å². The van der Waals surface area contributed by atoms with Gasteiger partial charge in [-0.2, -0.15) is 5.26 Å². The lowest BCUT2D eigenvalue weighted by Crippen LogP contribution is -2.07. The molecular weight excluding hydrogens is 244 g/mol. The molecular formula is C18H18N2. The van der Waals surface area contributed by atoms with Crippen LogP contribution in [0.4, 0.5) is 5.69 Å². The Bertz CT molecular complexity index is 650. The highest BCUT2D eigenvalue weighted by Gasteiger charge is 2.21. The fourth-order valence-electron chi connectivity index (χ4n) is 2.88. The van der Waals surface area contributed by atoms with Crippen LogP contribution in [0.2, 0.25) is 0 Å². The molecule has 3 rings (SSSR count). The largest absolute Gasteiger partial charge is 0.378 e. The summed E-state index contributed by atoms with van der Waals surface area (Å²) in [7, 11) is 0. The Labute approximate surface area is 120 Å².